The van der Waals surface area contributed by atoms with E-state index >= 15 is 0 Å². The molecule has 0 aromatic carbocycles. The number of thiazole rings is 1. The van der Waals surface area contributed by atoms with E-state index in [0.717, 1.165) is 30.2 Å². The van der Waals surface area contributed by atoms with Gasteiger partial charge in [-0.05, 0) is 25.3 Å². The second-order valence-electron chi connectivity index (χ2n) is 4.92. The highest BCUT2D eigenvalue weighted by Gasteiger charge is 2.26. The van der Waals surface area contributed by atoms with Crippen LogP contribution in [0.25, 0.3) is 0 Å². The van der Waals surface area contributed by atoms with Crippen molar-refractivity contribution in [2.75, 3.05) is 6.54 Å². The van der Waals surface area contributed by atoms with Crippen LogP contribution in [-0.2, 0) is 6.42 Å². The first-order chi connectivity index (χ1) is 8.72. The molecule has 0 bridgehead atoms. The van der Waals surface area contributed by atoms with Gasteiger partial charge in [-0.25, -0.2) is 4.98 Å². The third kappa shape index (κ3) is 3.78. The van der Waals surface area contributed by atoms with Crippen molar-refractivity contribution >= 4 is 17.2 Å². The third-order valence-electron chi connectivity index (χ3n) is 3.29. The zero-order valence-electron chi connectivity index (χ0n) is 10.8. The highest BCUT2D eigenvalue weighted by Crippen LogP contribution is 2.34. The smallest absolute Gasteiger partial charge is 0.270 e. The predicted molar refractivity (Wildman–Crippen MR) is 73.8 cm³/mol. The maximum atomic E-state index is 12.0. The molecule has 100 valence electrons. The van der Waals surface area contributed by atoms with Gasteiger partial charge in [-0.1, -0.05) is 19.8 Å². The fraction of sp³-hybridized carbons (Fsp3) is 0.692. The zero-order chi connectivity index (χ0) is 13.0. The Labute approximate surface area is 112 Å². The SMILES string of the molecule is CCC(CC1CC1)NC(=O)c1csc(CCN)n1. The van der Waals surface area contributed by atoms with Gasteiger partial charge in [0.2, 0.25) is 0 Å². The Morgan fingerprint density at radius 2 is 2.44 bits per heavy atom. The molecule has 4 nitrogen and oxygen atoms in total. The van der Waals surface area contributed by atoms with Crippen molar-refractivity contribution in [2.45, 2.75) is 45.1 Å². The molecular formula is C13H21N3OS. The van der Waals surface area contributed by atoms with Crippen LogP contribution in [0.5, 0.6) is 0 Å². The number of carbonyl (C=O) groups is 1. The topological polar surface area (TPSA) is 68.0 Å². The van der Waals surface area contributed by atoms with E-state index in [-0.39, 0.29) is 5.91 Å². The van der Waals surface area contributed by atoms with Gasteiger partial charge < -0.3 is 11.1 Å². The molecule has 1 unspecified atom stereocenters. The summed E-state index contributed by atoms with van der Waals surface area (Å²) in [4.78, 5) is 16.3. The molecule has 0 radical (unpaired) electrons. The molecule has 1 fully saturated rings. The first-order valence-electron chi connectivity index (χ1n) is 6.68. The second-order valence-corrected chi connectivity index (χ2v) is 5.87. The summed E-state index contributed by atoms with van der Waals surface area (Å²) in [5.74, 6) is 0.792. The summed E-state index contributed by atoms with van der Waals surface area (Å²) in [6.07, 6.45) is 5.49. The maximum absolute atomic E-state index is 12.0. The molecular weight excluding hydrogens is 246 g/mol. The summed E-state index contributed by atoms with van der Waals surface area (Å²) in [7, 11) is 0. The first-order valence-corrected chi connectivity index (χ1v) is 7.56. The summed E-state index contributed by atoms with van der Waals surface area (Å²) >= 11 is 1.51. The normalized spacial score (nSPS) is 16.6. The number of carbonyl (C=O) groups excluding carboxylic acids is 1. The van der Waals surface area contributed by atoms with E-state index in [0.29, 0.717) is 18.3 Å². The van der Waals surface area contributed by atoms with Crippen molar-refractivity contribution in [3.8, 4) is 0 Å². The Hall–Kier alpha value is -0.940. The van der Waals surface area contributed by atoms with Gasteiger partial charge in [0.25, 0.3) is 5.91 Å². The lowest BCUT2D eigenvalue weighted by atomic mass is 10.1. The average Bonchev–Trinajstić information content (AvgIpc) is 3.05. The molecule has 2 rings (SSSR count). The van der Waals surface area contributed by atoms with Crippen molar-refractivity contribution in [1.82, 2.24) is 10.3 Å². The number of amides is 1. The van der Waals surface area contributed by atoms with Gasteiger partial charge in [-0.15, -0.1) is 11.3 Å². The van der Waals surface area contributed by atoms with Gasteiger partial charge in [0.1, 0.15) is 5.69 Å². The Kier molecular flexibility index (Phi) is 4.72. The summed E-state index contributed by atoms with van der Waals surface area (Å²) in [5.41, 5.74) is 6.02. The molecule has 1 aromatic heterocycles. The number of nitrogens with zero attached hydrogens (tertiary/aromatic N) is 1. The predicted octanol–water partition coefficient (Wildman–Crippen LogP) is 1.95. The molecule has 1 aliphatic rings. The van der Waals surface area contributed by atoms with Gasteiger partial charge >= 0.3 is 0 Å². The zero-order valence-corrected chi connectivity index (χ0v) is 11.6. The van der Waals surface area contributed by atoms with Crippen LogP contribution in [0.2, 0.25) is 0 Å². The van der Waals surface area contributed by atoms with Crippen LogP contribution in [-0.4, -0.2) is 23.5 Å². The van der Waals surface area contributed by atoms with E-state index in [2.05, 4.69) is 17.2 Å². The lowest BCUT2D eigenvalue weighted by molar-refractivity contribution is 0.0928. The second kappa shape index (κ2) is 6.29. The van der Waals surface area contributed by atoms with Crippen molar-refractivity contribution < 1.29 is 4.79 Å². The van der Waals surface area contributed by atoms with Crippen molar-refractivity contribution in [3.63, 3.8) is 0 Å². The minimum atomic E-state index is -0.0398. The fourth-order valence-electron chi connectivity index (χ4n) is 2.00. The van der Waals surface area contributed by atoms with Crippen molar-refractivity contribution in [2.24, 2.45) is 11.7 Å². The van der Waals surface area contributed by atoms with Crippen LogP contribution >= 0.6 is 11.3 Å². The molecule has 0 aliphatic heterocycles. The summed E-state index contributed by atoms with van der Waals surface area (Å²) in [5, 5.41) is 5.85. The third-order valence-corrected chi connectivity index (χ3v) is 4.19. The Balaban J connectivity index is 1.88. The molecule has 3 N–H and O–H groups in total. The van der Waals surface area contributed by atoms with Crippen molar-refractivity contribution in [1.29, 1.82) is 0 Å². The van der Waals surface area contributed by atoms with Crippen LogP contribution in [0, 0.1) is 5.92 Å². The number of hydrogen-bond donors (Lipinski definition) is 2. The lowest BCUT2D eigenvalue weighted by Crippen LogP contribution is -2.35. The first kappa shape index (κ1) is 13.5. The van der Waals surface area contributed by atoms with Crippen molar-refractivity contribution in [3.05, 3.63) is 16.1 Å². The molecule has 18 heavy (non-hydrogen) atoms. The number of nitrogens with one attached hydrogen (secondary N) is 1. The summed E-state index contributed by atoms with van der Waals surface area (Å²) in [6, 6.07) is 0.296. The average molecular weight is 267 g/mol. The van der Waals surface area contributed by atoms with Gasteiger partial charge in [0.05, 0.1) is 5.01 Å². The molecule has 1 heterocycles. The van der Waals surface area contributed by atoms with E-state index in [9.17, 15) is 4.79 Å². The number of hydrogen-bond acceptors (Lipinski definition) is 4. The quantitative estimate of drug-likeness (QED) is 0.793. The van der Waals surface area contributed by atoms with Crippen LogP contribution < -0.4 is 11.1 Å². The Morgan fingerprint density at radius 1 is 1.67 bits per heavy atom. The molecule has 0 spiro atoms. The van der Waals surface area contributed by atoms with Crippen LogP contribution in [0.3, 0.4) is 0 Å². The molecule has 1 amide bonds. The Morgan fingerprint density at radius 3 is 3.06 bits per heavy atom. The summed E-state index contributed by atoms with van der Waals surface area (Å²) < 4.78 is 0. The van der Waals surface area contributed by atoms with E-state index in [4.69, 9.17) is 5.73 Å². The van der Waals surface area contributed by atoms with Crippen LogP contribution in [0.4, 0.5) is 0 Å². The standard InChI is InChI=1S/C13H21N3OS/c1-2-10(7-9-3-4-9)15-13(17)11-8-18-12(16-11)5-6-14/h8-10H,2-7,14H2,1H3,(H,15,17). The van der Waals surface area contributed by atoms with E-state index in [1.54, 1.807) is 0 Å². The van der Waals surface area contributed by atoms with Gasteiger partial charge in [0.15, 0.2) is 0 Å². The highest BCUT2D eigenvalue weighted by molar-refractivity contribution is 7.09. The van der Waals surface area contributed by atoms with E-state index in [1.807, 2.05) is 5.38 Å². The largest absolute Gasteiger partial charge is 0.348 e. The fourth-order valence-corrected chi connectivity index (χ4v) is 2.79. The lowest BCUT2D eigenvalue weighted by Gasteiger charge is -2.15. The minimum Gasteiger partial charge on any atom is -0.348 e. The van der Waals surface area contributed by atoms with Gasteiger partial charge in [-0.2, -0.15) is 0 Å². The van der Waals surface area contributed by atoms with Crippen LogP contribution in [0.15, 0.2) is 5.38 Å². The minimum absolute atomic E-state index is 0.0398. The molecule has 1 atom stereocenters. The molecule has 1 aromatic rings. The number of rotatable bonds is 7. The van der Waals surface area contributed by atoms with E-state index < -0.39 is 0 Å². The number of aromatic nitrogens is 1. The monoisotopic (exact) mass is 267 g/mol. The van der Waals surface area contributed by atoms with Gasteiger partial charge in [-0.3, -0.25) is 4.79 Å². The van der Waals surface area contributed by atoms with Gasteiger partial charge in [0, 0.05) is 17.8 Å². The summed E-state index contributed by atoms with van der Waals surface area (Å²) in [6.45, 7) is 2.70. The maximum Gasteiger partial charge on any atom is 0.270 e. The van der Waals surface area contributed by atoms with E-state index in [1.165, 1.54) is 24.2 Å². The molecule has 5 heteroatoms. The molecule has 1 saturated carbocycles. The Bertz CT molecular complexity index is 401. The molecule has 0 saturated heterocycles. The number of nitrogens with two attached hydrogens (primary N) is 1. The highest BCUT2D eigenvalue weighted by atomic mass is 32.1. The van der Waals surface area contributed by atoms with Crippen LogP contribution in [0.1, 0.15) is 48.1 Å². The molecule has 1 aliphatic carbocycles.